The first kappa shape index (κ1) is 77.9. The summed E-state index contributed by atoms with van der Waals surface area (Å²) in [6.45, 7) is 6.22. The summed E-state index contributed by atoms with van der Waals surface area (Å²) in [5.41, 5.74) is 1.73. The molecule has 0 amide bonds. The molecule has 12 nitrogen and oxygen atoms in total. The van der Waals surface area contributed by atoms with Crippen molar-refractivity contribution in [2.24, 2.45) is 0 Å². The van der Waals surface area contributed by atoms with Crippen LogP contribution in [0.4, 0.5) is 0 Å². The molecule has 0 aliphatic rings. The molecule has 0 spiro atoms. The van der Waals surface area contributed by atoms with Gasteiger partial charge < -0.3 is 28.4 Å². The second-order valence-corrected chi connectivity index (χ2v) is 24.2. The maximum absolute atomic E-state index is 13.1. The normalized spacial score (nSPS) is 12.5. The molecule has 12 heteroatoms. The number of hydrogen-bond donors (Lipinski definition) is 0. The van der Waals surface area contributed by atoms with Gasteiger partial charge in [-0.15, -0.1) is 0 Å². The third-order valence-corrected chi connectivity index (χ3v) is 16.1. The van der Waals surface area contributed by atoms with E-state index in [4.69, 9.17) is 28.4 Å². The Morgan fingerprint density at radius 3 is 0.889 bits per heavy atom. The molecule has 0 bridgehead atoms. The van der Waals surface area contributed by atoms with Gasteiger partial charge >= 0.3 is 35.8 Å². The Morgan fingerprint density at radius 2 is 0.578 bits per heavy atom. The average molecular weight is 1250 g/mol. The molecular formula is C78H116O12. The summed E-state index contributed by atoms with van der Waals surface area (Å²) in [5, 5.41) is 0. The Labute approximate surface area is 543 Å². The van der Waals surface area contributed by atoms with Crippen molar-refractivity contribution in [3.63, 3.8) is 0 Å². The summed E-state index contributed by atoms with van der Waals surface area (Å²) >= 11 is 0. The van der Waals surface area contributed by atoms with Gasteiger partial charge in [-0.25, -0.2) is 14.4 Å². The SMILES string of the molecule is CCCCCC[C@H](C/C=C\CCCCCCCC(=O)OCC(COC(=O)CCCCCCC/C=C\C[C@@H](CCCCCC)OC(=O)c1ccccc1)OC(=O)CCCCCCC/C=C\C[C@@H](CCCCCC)OC(=O)c1ccccc1)OC(=O)c1ccccc1. The molecule has 3 rings (SSSR count). The third kappa shape index (κ3) is 41.9. The predicted octanol–water partition coefficient (Wildman–Crippen LogP) is 20.6. The minimum atomic E-state index is -0.893. The Kier molecular flexibility index (Phi) is 47.1. The maximum Gasteiger partial charge on any atom is 0.338 e. The van der Waals surface area contributed by atoms with Gasteiger partial charge in [-0.1, -0.05) is 227 Å². The fourth-order valence-electron chi connectivity index (χ4n) is 10.6. The van der Waals surface area contributed by atoms with Gasteiger partial charge in [-0.2, -0.15) is 0 Å². The number of ether oxygens (including phenoxy) is 6. The molecule has 3 aromatic carbocycles. The van der Waals surface area contributed by atoms with Gasteiger partial charge in [-0.05, 0) is 133 Å². The summed E-state index contributed by atoms with van der Waals surface area (Å²) in [4.78, 5) is 77.3. The molecule has 0 N–H and O–H groups in total. The molecule has 0 heterocycles. The van der Waals surface area contributed by atoms with E-state index < -0.39 is 12.1 Å². The van der Waals surface area contributed by atoms with Crippen LogP contribution in [0.15, 0.2) is 127 Å². The summed E-state index contributed by atoms with van der Waals surface area (Å²) in [6.07, 6.45) is 47.3. The van der Waals surface area contributed by atoms with Crippen LogP contribution in [0.2, 0.25) is 0 Å². The maximum atomic E-state index is 13.1. The van der Waals surface area contributed by atoms with E-state index in [-0.39, 0.29) is 80.6 Å². The van der Waals surface area contributed by atoms with Crippen LogP contribution in [-0.2, 0) is 42.8 Å². The first-order valence-electron chi connectivity index (χ1n) is 35.3. The Morgan fingerprint density at radius 1 is 0.300 bits per heavy atom. The van der Waals surface area contributed by atoms with Crippen molar-refractivity contribution in [2.45, 2.75) is 296 Å². The predicted molar refractivity (Wildman–Crippen MR) is 363 cm³/mol. The molecule has 500 valence electrons. The molecule has 0 aliphatic heterocycles. The van der Waals surface area contributed by atoms with Crippen molar-refractivity contribution in [2.75, 3.05) is 13.2 Å². The largest absolute Gasteiger partial charge is 0.462 e. The van der Waals surface area contributed by atoms with Crippen LogP contribution in [0.3, 0.4) is 0 Å². The monoisotopic (exact) mass is 1240 g/mol. The van der Waals surface area contributed by atoms with Crippen LogP contribution in [0.1, 0.15) is 302 Å². The number of benzene rings is 3. The first-order chi connectivity index (χ1) is 44.1. The van der Waals surface area contributed by atoms with Gasteiger partial charge in [0.25, 0.3) is 0 Å². The Balaban J connectivity index is 1.38. The smallest absolute Gasteiger partial charge is 0.338 e. The molecule has 3 aromatic rings. The zero-order valence-corrected chi connectivity index (χ0v) is 55.8. The van der Waals surface area contributed by atoms with E-state index in [1.165, 1.54) is 19.3 Å². The Bertz CT molecular complexity index is 2270. The van der Waals surface area contributed by atoms with Crippen LogP contribution in [0, 0.1) is 0 Å². The molecule has 0 saturated carbocycles. The average Bonchev–Trinajstić information content (AvgIpc) is 3.12. The van der Waals surface area contributed by atoms with Gasteiger partial charge in [0.05, 0.1) is 16.7 Å². The lowest BCUT2D eigenvalue weighted by atomic mass is 10.1. The number of esters is 6. The number of carbonyl (C=O) groups excluding carboxylic acids is 6. The number of hydrogen-bond acceptors (Lipinski definition) is 12. The lowest BCUT2D eigenvalue weighted by molar-refractivity contribution is -0.167. The third-order valence-electron chi connectivity index (χ3n) is 16.1. The fraction of sp³-hybridized carbons (Fsp3) is 0.615. The minimum absolute atomic E-state index is 0.137. The highest BCUT2D eigenvalue weighted by Gasteiger charge is 2.21. The zero-order chi connectivity index (χ0) is 64.6. The molecule has 3 atom stereocenters. The van der Waals surface area contributed by atoms with E-state index >= 15 is 0 Å². The standard InChI is InChI=1S/C78H116O12/c1-4-7-10-40-55-69(88-76(82)66-49-34-31-35-50-66)58-43-25-19-13-16-22-28-46-61-73(79)85-64-72(87-75(81)63-48-30-24-18-15-21-27-45-60-71(57-42-12-9-6-3)90-78(84)68-53-38-33-39-54-68)65-86-74(80)62-47-29-23-17-14-20-26-44-59-70(56-41-11-8-5-2)89-77(83)67-51-36-32-37-52-67/h25-27,31-39,43-45,49-54,69-72H,4-24,28-30,40-42,46-48,55-65H2,1-3H3/b43-25-,44-26-,45-27-/t69-,70-,71-/m1/s1. The van der Waals surface area contributed by atoms with Crippen molar-refractivity contribution in [3.8, 4) is 0 Å². The van der Waals surface area contributed by atoms with E-state index in [0.29, 0.717) is 55.2 Å². The first-order valence-corrected chi connectivity index (χ1v) is 35.3. The molecule has 0 radical (unpaired) electrons. The number of rotatable bonds is 56. The van der Waals surface area contributed by atoms with E-state index in [1.807, 2.05) is 54.6 Å². The van der Waals surface area contributed by atoms with Crippen molar-refractivity contribution < 1.29 is 57.2 Å². The van der Waals surface area contributed by atoms with Crippen LogP contribution in [0.25, 0.3) is 0 Å². The van der Waals surface area contributed by atoms with E-state index in [2.05, 4.69) is 57.2 Å². The van der Waals surface area contributed by atoms with Crippen LogP contribution in [0.5, 0.6) is 0 Å². The molecule has 0 unspecified atom stereocenters. The van der Waals surface area contributed by atoms with E-state index in [9.17, 15) is 28.8 Å². The van der Waals surface area contributed by atoms with Gasteiger partial charge in [-0.3, -0.25) is 14.4 Å². The number of carbonyl (C=O) groups is 6. The van der Waals surface area contributed by atoms with Gasteiger partial charge in [0.1, 0.15) is 31.5 Å². The minimum Gasteiger partial charge on any atom is -0.462 e. The lowest BCUT2D eigenvalue weighted by Gasteiger charge is -2.18. The van der Waals surface area contributed by atoms with Crippen molar-refractivity contribution in [1.82, 2.24) is 0 Å². The van der Waals surface area contributed by atoms with Gasteiger partial charge in [0, 0.05) is 38.5 Å². The Hall–Kier alpha value is -6.30. The summed E-state index contributed by atoms with van der Waals surface area (Å²) in [5.74, 6) is -1.95. The topological polar surface area (TPSA) is 158 Å². The van der Waals surface area contributed by atoms with Crippen LogP contribution < -0.4 is 0 Å². The summed E-state index contributed by atoms with van der Waals surface area (Å²) in [7, 11) is 0. The number of unbranched alkanes of at least 4 members (excludes halogenated alkanes) is 24. The van der Waals surface area contributed by atoms with Crippen LogP contribution >= 0.6 is 0 Å². The van der Waals surface area contributed by atoms with Gasteiger partial charge in [0.15, 0.2) is 6.10 Å². The summed E-state index contributed by atoms with van der Waals surface area (Å²) < 4.78 is 34.7. The number of allylic oxidation sites excluding steroid dienone is 3. The quantitative estimate of drug-likeness (QED) is 0.0228. The van der Waals surface area contributed by atoms with E-state index in [1.54, 1.807) is 36.4 Å². The zero-order valence-electron chi connectivity index (χ0n) is 55.8. The van der Waals surface area contributed by atoms with Crippen molar-refractivity contribution >= 4 is 35.8 Å². The van der Waals surface area contributed by atoms with E-state index in [0.717, 1.165) is 173 Å². The highest BCUT2D eigenvalue weighted by atomic mass is 16.6. The fourth-order valence-corrected chi connectivity index (χ4v) is 10.6. The second-order valence-electron chi connectivity index (χ2n) is 24.2. The molecule has 0 fully saturated rings. The highest BCUT2D eigenvalue weighted by Crippen LogP contribution is 2.20. The van der Waals surface area contributed by atoms with Crippen molar-refractivity contribution in [3.05, 3.63) is 144 Å². The molecule has 0 aromatic heterocycles. The molecule has 90 heavy (non-hydrogen) atoms. The van der Waals surface area contributed by atoms with Crippen molar-refractivity contribution in [1.29, 1.82) is 0 Å². The molecular weight excluding hydrogens is 1130 g/mol. The highest BCUT2D eigenvalue weighted by molar-refractivity contribution is 5.90. The summed E-state index contributed by atoms with van der Waals surface area (Å²) in [6, 6.07) is 27.5. The second kappa shape index (κ2) is 54.4. The lowest BCUT2D eigenvalue weighted by Crippen LogP contribution is -2.30. The van der Waals surface area contributed by atoms with Gasteiger partial charge in [0.2, 0.25) is 0 Å². The molecule has 0 aliphatic carbocycles. The molecule has 0 saturated heterocycles. The van der Waals surface area contributed by atoms with Crippen LogP contribution in [-0.4, -0.2) is 73.4 Å².